The topological polar surface area (TPSA) is 155 Å². The second kappa shape index (κ2) is 4.40. The molecule has 108 valence electrons. The van der Waals surface area contributed by atoms with Crippen LogP contribution in [0.5, 0.6) is 0 Å². The van der Waals surface area contributed by atoms with Gasteiger partial charge in [-0.2, -0.15) is 10.1 Å². The fraction of sp³-hybridized carbons (Fsp3) is 0.200. The first kappa shape index (κ1) is 12.8. The van der Waals surface area contributed by atoms with Gasteiger partial charge >= 0.3 is 11.7 Å². The van der Waals surface area contributed by atoms with Crippen LogP contribution in [-0.4, -0.2) is 42.1 Å². The Morgan fingerprint density at radius 2 is 2.05 bits per heavy atom. The number of H-pyrrole nitrogens is 3. The number of carbonyl (C=O) groups excluding carboxylic acids is 1. The maximum Gasteiger partial charge on any atom is 0.364 e. The Bertz CT molecular complexity index is 1040. The smallest absolute Gasteiger partial charge is 0.364 e. The summed E-state index contributed by atoms with van der Waals surface area (Å²) >= 11 is 0. The molecule has 0 radical (unpaired) electrons. The molecule has 3 rings (SSSR count). The van der Waals surface area contributed by atoms with Gasteiger partial charge in [-0.25, -0.2) is 19.1 Å². The molecule has 0 saturated heterocycles. The van der Waals surface area contributed by atoms with Crippen molar-refractivity contribution >= 4 is 22.9 Å². The lowest BCUT2D eigenvalue weighted by atomic mass is 10.4. The Balaban J connectivity index is 2.45. The van der Waals surface area contributed by atoms with E-state index < -0.39 is 28.5 Å². The van der Waals surface area contributed by atoms with Crippen molar-refractivity contribution in [2.75, 3.05) is 6.61 Å². The number of nitrogens with zero attached hydrogens (tertiary/aromatic N) is 3. The number of hydrogen-bond acceptors (Lipinski definition) is 7. The minimum absolute atomic E-state index is 0.0660. The third kappa shape index (κ3) is 1.82. The number of nitrogens with one attached hydrogen (secondary N) is 3. The Labute approximate surface area is 113 Å². The predicted molar refractivity (Wildman–Crippen MR) is 68.3 cm³/mol. The molecule has 0 fully saturated rings. The van der Waals surface area contributed by atoms with Crippen molar-refractivity contribution in [3.63, 3.8) is 0 Å². The Morgan fingerprint density at radius 3 is 2.76 bits per heavy atom. The van der Waals surface area contributed by atoms with E-state index in [0.29, 0.717) is 0 Å². The second-order valence-electron chi connectivity index (χ2n) is 3.97. The van der Waals surface area contributed by atoms with Gasteiger partial charge in [0.2, 0.25) is 11.5 Å². The molecule has 11 heteroatoms. The molecule has 0 saturated carbocycles. The summed E-state index contributed by atoms with van der Waals surface area (Å²) in [5, 5.41) is 5.93. The van der Waals surface area contributed by atoms with E-state index in [9.17, 15) is 19.2 Å². The summed E-state index contributed by atoms with van der Waals surface area (Å²) in [6.45, 7) is 1.64. The van der Waals surface area contributed by atoms with Crippen molar-refractivity contribution in [1.29, 1.82) is 0 Å². The molecule has 0 aromatic carbocycles. The van der Waals surface area contributed by atoms with E-state index in [4.69, 9.17) is 4.74 Å². The van der Waals surface area contributed by atoms with Gasteiger partial charge < -0.3 is 4.74 Å². The fourth-order valence-corrected chi connectivity index (χ4v) is 1.88. The van der Waals surface area contributed by atoms with Crippen LogP contribution in [0, 0.1) is 0 Å². The van der Waals surface area contributed by atoms with Gasteiger partial charge in [0.05, 0.1) is 6.61 Å². The number of hydrogen-bond donors (Lipinski definition) is 3. The number of rotatable bonds is 2. The highest BCUT2D eigenvalue weighted by Crippen LogP contribution is 2.04. The van der Waals surface area contributed by atoms with Crippen LogP contribution < -0.4 is 16.8 Å². The third-order valence-electron chi connectivity index (χ3n) is 2.69. The van der Waals surface area contributed by atoms with Crippen molar-refractivity contribution in [3.05, 3.63) is 36.9 Å². The molecule has 21 heavy (non-hydrogen) atoms. The zero-order valence-electron chi connectivity index (χ0n) is 10.6. The van der Waals surface area contributed by atoms with E-state index >= 15 is 0 Å². The molecular weight excluding hydrogens is 284 g/mol. The Morgan fingerprint density at radius 1 is 1.29 bits per heavy atom. The molecule has 0 aliphatic carbocycles. The summed E-state index contributed by atoms with van der Waals surface area (Å²) in [7, 11) is 0. The normalized spacial score (nSPS) is 11.1. The highest BCUT2D eigenvalue weighted by atomic mass is 16.5. The van der Waals surface area contributed by atoms with E-state index in [-0.39, 0.29) is 23.5 Å². The number of esters is 1. The van der Waals surface area contributed by atoms with Crippen LogP contribution >= 0.6 is 0 Å². The molecule has 0 spiro atoms. The summed E-state index contributed by atoms with van der Waals surface area (Å²) in [6, 6.07) is 0. The molecule has 0 aliphatic heterocycles. The minimum Gasteiger partial charge on any atom is -0.461 e. The van der Waals surface area contributed by atoms with Gasteiger partial charge in [-0.1, -0.05) is 0 Å². The molecule has 3 N–H and O–H groups in total. The van der Waals surface area contributed by atoms with Crippen LogP contribution in [0.3, 0.4) is 0 Å². The largest absolute Gasteiger partial charge is 0.461 e. The molecule has 11 nitrogen and oxygen atoms in total. The molecule has 3 heterocycles. The molecule has 0 bridgehead atoms. The van der Waals surface area contributed by atoms with E-state index in [1.54, 1.807) is 6.92 Å². The number of imidazole rings is 1. The average Bonchev–Trinajstić information content (AvgIpc) is 2.78. The fourth-order valence-electron chi connectivity index (χ4n) is 1.88. The van der Waals surface area contributed by atoms with Gasteiger partial charge in [0.15, 0.2) is 11.2 Å². The minimum atomic E-state index is -0.927. The maximum atomic E-state index is 12.3. The van der Waals surface area contributed by atoms with Gasteiger partial charge in [0.1, 0.15) is 0 Å². The highest BCUT2D eigenvalue weighted by Gasteiger charge is 2.20. The molecule has 3 aromatic heterocycles. The lowest BCUT2D eigenvalue weighted by Crippen LogP contribution is -2.29. The molecular formula is C10H8N6O5. The first-order chi connectivity index (χ1) is 10.0. The maximum absolute atomic E-state index is 12.3. The van der Waals surface area contributed by atoms with E-state index in [2.05, 4.69) is 20.2 Å². The SMILES string of the molecule is CCOC(=O)c1n[nH]c2nc3[nH]c(=O)[nH]c(=O)c3n2c1=O. The predicted octanol–water partition coefficient (Wildman–Crippen LogP) is -1.88. The third-order valence-corrected chi connectivity index (χ3v) is 2.69. The van der Waals surface area contributed by atoms with Gasteiger partial charge in [-0.15, -0.1) is 0 Å². The lowest BCUT2D eigenvalue weighted by Gasteiger charge is -2.00. The van der Waals surface area contributed by atoms with Crippen molar-refractivity contribution in [2.24, 2.45) is 0 Å². The van der Waals surface area contributed by atoms with Crippen molar-refractivity contribution in [3.8, 4) is 0 Å². The molecule has 0 aliphatic rings. The number of ether oxygens (including phenoxy) is 1. The van der Waals surface area contributed by atoms with Crippen molar-refractivity contribution < 1.29 is 9.53 Å². The van der Waals surface area contributed by atoms with Gasteiger partial charge in [0, 0.05) is 0 Å². The van der Waals surface area contributed by atoms with Crippen LogP contribution in [-0.2, 0) is 4.74 Å². The number of aromatic amines is 3. The van der Waals surface area contributed by atoms with Crippen LogP contribution in [0.2, 0.25) is 0 Å². The van der Waals surface area contributed by atoms with Crippen LogP contribution in [0.4, 0.5) is 0 Å². The average molecular weight is 292 g/mol. The number of carbonyl (C=O) groups is 1. The Kier molecular flexibility index (Phi) is 2.68. The lowest BCUT2D eigenvalue weighted by molar-refractivity contribution is 0.0515. The standard InChI is InChI=1S/C10H8N6O5/c1-2-21-8(19)3-7(18)16-4-5(11-9(16)15-14-3)12-10(20)13-6(4)17/h2H2,1H3,(H3,11,12,13,15,17,20). The first-order valence-corrected chi connectivity index (χ1v) is 5.83. The highest BCUT2D eigenvalue weighted by molar-refractivity contribution is 5.87. The molecule has 3 aromatic rings. The Hall–Kier alpha value is -3.24. The van der Waals surface area contributed by atoms with E-state index in [0.717, 1.165) is 4.40 Å². The van der Waals surface area contributed by atoms with Gasteiger partial charge in [-0.05, 0) is 6.92 Å². The number of aromatic nitrogens is 6. The molecule has 0 amide bonds. The van der Waals surface area contributed by atoms with Crippen molar-refractivity contribution in [2.45, 2.75) is 6.92 Å². The summed E-state index contributed by atoms with van der Waals surface area (Å²) in [4.78, 5) is 55.0. The van der Waals surface area contributed by atoms with E-state index in [1.165, 1.54) is 0 Å². The monoisotopic (exact) mass is 292 g/mol. The van der Waals surface area contributed by atoms with Crippen LogP contribution in [0.1, 0.15) is 17.4 Å². The van der Waals surface area contributed by atoms with Crippen molar-refractivity contribution in [1.82, 2.24) is 29.5 Å². The zero-order valence-corrected chi connectivity index (χ0v) is 10.6. The second-order valence-corrected chi connectivity index (χ2v) is 3.97. The zero-order chi connectivity index (χ0) is 15.1. The summed E-state index contributed by atoms with van der Waals surface area (Å²) < 4.78 is 5.55. The van der Waals surface area contributed by atoms with E-state index in [1.807, 2.05) is 4.98 Å². The summed E-state index contributed by atoms with van der Waals surface area (Å²) in [5.41, 5.74) is -3.26. The van der Waals surface area contributed by atoms with Gasteiger partial charge in [0.25, 0.3) is 11.1 Å². The first-order valence-electron chi connectivity index (χ1n) is 5.83. The molecule has 0 unspecified atom stereocenters. The molecule has 0 atom stereocenters. The number of fused-ring (bicyclic) bond motifs is 3. The summed E-state index contributed by atoms with van der Waals surface area (Å²) in [5.74, 6) is -1.02. The summed E-state index contributed by atoms with van der Waals surface area (Å²) in [6.07, 6.45) is 0. The van der Waals surface area contributed by atoms with Gasteiger partial charge in [-0.3, -0.25) is 19.6 Å². The van der Waals surface area contributed by atoms with Crippen LogP contribution in [0.25, 0.3) is 16.9 Å². The van der Waals surface area contributed by atoms with Crippen LogP contribution in [0.15, 0.2) is 14.4 Å². The quantitative estimate of drug-likeness (QED) is 0.467.